The van der Waals surface area contributed by atoms with E-state index < -0.39 is 0 Å². The number of nitrogens with zero attached hydrogens (tertiary/aromatic N) is 1. The second-order valence-corrected chi connectivity index (χ2v) is 3.73. The number of halogens is 2. The first-order valence-electron chi connectivity index (χ1n) is 5.00. The Bertz CT molecular complexity index is 319. The summed E-state index contributed by atoms with van der Waals surface area (Å²) in [6.45, 7) is 5.04. The molecule has 1 atom stereocenters. The summed E-state index contributed by atoms with van der Waals surface area (Å²) in [6.07, 6.45) is 0. The minimum absolute atomic E-state index is 0. The number of benzene rings is 1. The Labute approximate surface area is 95.9 Å². The van der Waals surface area contributed by atoms with Crippen LogP contribution in [0.3, 0.4) is 0 Å². The van der Waals surface area contributed by atoms with Gasteiger partial charge in [0.2, 0.25) is 0 Å². The summed E-state index contributed by atoms with van der Waals surface area (Å²) < 4.78 is 13.0. The van der Waals surface area contributed by atoms with Crippen LogP contribution in [0.1, 0.15) is 6.92 Å². The fourth-order valence-corrected chi connectivity index (χ4v) is 1.88. The Balaban J connectivity index is 0.00000112. The van der Waals surface area contributed by atoms with Gasteiger partial charge in [0.15, 0.2) is 0 Å². The molecule has 2 rings (SSSR count). The van der Waals surface area contributed by atoms with Crippen LogP contribution in [0, 0.1) is 5.82 Å². The van der Waals surface area contributed by atoms with E-state index >= 15 is 0 Å². The molecule has 0 saturated carbocycles. The maximum atomic E-state index is 13.0. The summed E-state index contributed by atoms with van der Waals surface area (Å²) in [7, 11) is 0. The van der Waals surface area contributed by atoms with Crippen molar-refractivity contribution < 1.29 is 4.39 Å². The average molecular weight is 231 g/mol. The highest BCUT2D eigenvalue weighted by atomic mass is 35.5. The van der Waals surface area contributed by atoms with Gasteiger partial charge in [0.05, 0.1) is 0 Å². The van der Waals surface area contributed by atoms with E-state index in [4.69, 9.17) is 0 Å². The molecule has 0 spiro atoms. The Morgan fingerprint density at radius 2 is 2.27 bits per heavy atom. The van der Waals surface area contributed by atoms with Crippen LogP contribution < -0.4 is 10.2 Å². The first-order chi connectivity index (χ1) is 6.77. The van der Waals surface area contributed by atoms with Crippen molar-refractivity contribution in [3.63, 3.8) is 0 Å². The van der Waals surface area contributed by atoms with E-state index in [0.717, 1.165) is 25.3 Å². The van der Waals surface area contributed by atoms with Gasteiger partial charge in [-0.15, -0.1) is 12.4 Å². The fraction of sp³-hybridized carbons (Fsp3) is 0.455. The maximum absolute atomic E-state index is 13.0. The van der Waals surface area contributed by atoms with Crippen molar-refractivity contribution in [2.24, 2.45) is 0 Å². The van der Waals surface area contributed by atoms with Crippen molar-refractivity contribution in [2.75, 3.05) is 24.5 Å². The van der Waals surface area contributed by atoms with Crippen LogP contribution in [-0.4, -0.2) is 25.7 Å². The molecule has 2 nitrogen and oxygen atoms in total. The topological polar surface area (TPSA) is 15.3 Å². The molecule has 0 aromatic heterocycles. The van der Waals surface area contributed by atoms with Crippen LogP contribution in [0.15, 0.2) is 24.3 Å². The molecule has 1 saturated heterocycles. The molecule has 1 heterocycles. The maximum Gasteiger partial charge on any atom is 0.125 e. The van der Waals surface area contributed by atoms with E-state index in [1.807, 2.05) is 6.07 Å². The lowest BCUT2D eigenvalue weighted by atomic mass is 10.2. The van der Waals surface area contributed by atoms with Gasteiger partial charge >= 0.3 is 0 Å². The molecule has 0 bridgehead atoms. The predicted molar refractivity (Wildman–Crippen MR) is 63.3 cm³/mol. The van der Waals surface area contributed by atoms with Crippen molar-refractivity contribution in [1.82, 2.24) is 5.32 Å². The average Bonchev–Trinajstić information content (AvgIpc) is 2.18. The van der Waals surface area contributed by atoms with Gasteiger partial charge in [-0.2, -0.15) is 0 Å². The minimum atomic E-state index is -0.159. The zero-order chi connectivity index (χ0) is 9.97. The lowest BCUT2D eigenvalue weighted by Gasteiger charge is -2.35. The third kappa shape index (κ3) is 2.83. The molecule has 1 aromatic rings. The van der Waals surface area contributed by atoms with Gasteiger partial charge < -0.3 is 10.2 Å². The van der Waals surface area contributed by atoms with Gasteiger partial charge in [0.1, 0.15) is 5.82 Å². The van der Waals surface area contributed by atoms with Gasteiger partial charge in [-0.3, -0.25) is 0 Å². The third-order valence-corrected chi connectivity index (χ3v) is 2.64. The van der Waals surface area contributed by atoms with Crippen LogP contribution in [-0.2, 0) is 0 Å². The molecule has 1 fully saturated rings. The van der Waals surface area contributed by atoms with Crippen molar-refractivity contribution >= 4 is 18.1 Å². The summed E-state index contributed by atoms with van der Waals surface area (Å²) in [5, 5.41) is 3.31. The van der Waals surface area contributed by atoms with E-state index in [0.29, 0.717) is 6.04 Å². The molecule has 1 aliphatic rings. The lowest BCUT2D eigenvalue weighted by molar-refractivity contribution is 0.499. The molecule has 1 aromatic carbocycles. The zero-order valence-electron chi connectivity index (χ0n) is 8.74. The number of hydrogen-bond donors (Lipinski definition) is 1. The first kappa shape index (κ1) is 12.3. The van der Waals surface area contributed by atoms with Crippen molar-refractivity contribution in [3.05, 3.63) is 30.1 Å². The highest BCUT2D eigenvalue weighted by molar-refractivity contribution is 5.85. The van der Waals surface area contributed by atoms with E-state index in [1.54, 1.807) is 12.1 Å². The summed E-state index contributed by atoms with van der Waals surface area (Å²) in [6, 6.07) is 7.24. The zero-order valence-corrected chi connectivity index (χ0v) is 9.56. The predicted octanol–water partition coefficient (Wildman–Crippen LogP) is 2.05. The van der Waals surface area contributed by atoms with Crippen molar-refractivity contribution in [3.8, 4) is 0 Å². The van der Waals surface area contributed by atoms with Gasteiger partial charge in [-0.1, -0.05) is 6.07 Å². The van der Waals surface area contributed by atoms with E-state index in [9.17, 15) is 4.39 Å². The van der Waals surface area contributed by atoms with Crippen LogP contribution >= 0.6 is 12.4 Å². The SMILES string of the molecule is CC1CNCCN1c1cccc(F)c1.Cl. The van der Waals surface area contributed by atoms with Gasteiger partial charge in [0, 0.05) is 31.4 Å². The molecule has 1 unspecified atom stereocenters. The summed E-state index contributed by atoms with van der Waals surface area (Å²) in [5.41, 5.74) is 0.985. The molecule has 15 heavy (non-hydrogen) atoms. The Morgan fingerprint density at radius 3 is 2.93 bits per heavy atom. The minimum Gasteiger partial charge on any atom is -0.366 e. The third-order valence-electron chi connectivity index (χ3n) is 2.64. The van der Waals surface area contributed by atoms with Crippen LogP contribution in [0.25, 0.3) is 0 Å². The van der Waals surface area contributed by atoms with Crippen LogP contribution in [0.4, 0.5) is 10.1 Å². The Kier molecular flexibility index (Phi) is 4.36. The number of piperazine rings is 1. The summed E-state index contributed by atoms with van der Waals surface area (Å²) in [4.78, 5) is 2.24. The van der Waals surface area contributed by atoms with Gasteiger partial charge in [0.25, 0.3) is 0 Å². The van der Waals surface area contributed by atoms with E-state index in [2.05, 4.69) is 17.1 Å². The smallest absolute Gasteiger partial charge is 0.125 e. The van der Waals surface area contributed by atoms with Crippen LogP contribution in [0.2, 0.25) is 0 Å². The molecular formula is C11H16ClFN2. The number of hydrogen-bond acceptors (Lipinski definition) is 2. The quantitative estimate of drug-likeness (QED) is 0.795. The number of nitrogens with one attached hydrogen (secondary N) is 1. The number of anilines is 1. The first-order valence-corrected chi connectivity index (χ1v) is 5.00. The Hall–Kier alpha value is -0.800. The molecule has 4 heteroatoms. The summed E-state index contributed by atoms with van der Waals surface area (Å²) >= 11 is 0. The monoisotopic (exact) mass is 230 g/mol. The number of rotatable bonds is 1. The highest BCUT2D eigenvalue weighted by Gasteiger charge is 2.17. The van der Waals surface area contributed by atoms with E-state index in [-0.39, 0.29) is 18.2 Å². The fourth-order valence-electron chi connectivity index (χ4n) is 1.88. The van der Waals surface area contributed by atoms with Crippen LogP contribution in [0.5, 0.6) is 0 Å². The lowest BCUT2D eigenvalue weighted by Crippen LogP contribution is -2.49. The largest absolute Gasteiger partial charge is 0.366 e. The molecule has 0 amide bonds. The molecule has 1 aliphatic heterocycles. The normalized spacial score (nSPS) is 20.9. The van der Waals surface area contributed by atoms with Crippen molar-refractivity contribution in [2.45, 2.75) is 13.0 Å². The van der Waals surface area contributed by atoms with E-state index in [1.165, 1.54) is 6.07 Å². The molecule has 0 radical (unpaired) electrons. The second kappa shape index (κ2) is 5.33. The van der Waals surface area contributed by atoms with Crippen molar-refractivity contribution in [1.29, 1.82) is 0 Å². The molecule has 84 valence electrons. The highest BCUT2D eigenvalue weighted by Crippen LogP contribution is 2.18. The molecule has 1 N–H and O–H groups in total. The standard InChI is InChI=1S/C11H15FN2.ClH/c1-9-8-13-5-6-14(9)11-4-2-3-10(12)7-11;/h2-4,7,9,13H,5-6,8H2,1H3;1H. The molecule has 0 aliphatic carbocycles. The molecular weight excluding hydrogens is 215 g/mol. The Morgan fingerprint density at radius 1 is 1.47 bits per heavy atom. The second-order valence-electron chi connectivity index (χ2n) is 3.73. The summed E-state index contributed by atoms with van der Waals surface area (Å²) in [5.74, 6) is -0.159. The van der Waals surface area contributed by atoms with Gasteiger partial charge in [-0.05, 0) is 25.1 Å². The van der Waals surface area contributed by atoms with Gasteiger partial charge in [-0.25, -0.2) is 4.39 Å².